The molecule has 1 aromatic heterocycles. The van der Waals surface area contributed by atoms with E-state index in [0.717, 1.165) is 9.88 Å². The van der Waals surface area contributed by atoms with Gasteiger partial charge in [-0.15, -0.1) is 11.3 Å². The van der Waals surface area contributed by atoms with Gasteiger partial charge in [0.25, 0.3) is 0 Å². The van der Waals surface area contributed by atoms with Crippen molar-refractivity contribution in [3.63, 3.8) is 0 Å². The van der Waals surface area contributed by atoms with Crippen LogP contribution in [0.15, 0.2) is 6.20 Å². The number of morpholine rings is 1. The monoisotopic (exact) mass is 255 g/mol. The van der Waals surface area contributed by atoms with E-state index in [9.17, 15) is 4.79 Å². The SMILES string of the molecule is Cc1cnc(C(C)NC(=O)N2CCOCC2)s1. The number of aryl methyl sites for hydroxylation is 1. The van der Waals surface area contributed by atoms with E-state index in [1.165, 1.54) is 0 Å². The van der Waals surface area contributed by atoms with Crippen molar-refractivity contribution in [2.75, 3.05) is 26.3 Å². The van der Waals surface area contributed by atoms with E-state index in [4.69, 9.17) is 4.74 Å². The summed E-state index contributed by atoms with van der Waals surface area (Å²) in [5.41, 5.74) is 0. The van der Waals surface area contributed by atoms with Crippen LogP contribution in [0.5, 0.6) is 0 Å². The van der Waals surface area contributed by atoms with Crippen LogP contribution in [-0.2, 0) is 4.74 Å². The maximum atomic E-state index is 11.9. The molecule has 0 aromatic carbocycles. The highest BCUT2D eigenvalue weighted by molar-refractivity contribution is 7.11. The van der Waals surface area contributed by atoms with Crippen LogP contribution in [0.1, 0.15) is 22.9 Å². The molecule has 0 spiro atoms. The number of amides is 2. The van der Waals surface area contributed by atoms with E-state index in [1.54, 1.807) is 16.2 Å². The highest BCUT2D eigenvalue weighted by Crippen LogP contribution is 2.19. The number of nitrogens with zero attached hydrogens (tertiary/aromatic N) is 2. The lowest BCUT2D eigenvalue weighted by atomic mass is 10.3. The van der Waals surface area contributed by atoms with Crippen molar-refractivity contribution >= 4 is 17.4 Å². The Labute approximate surface area is 105 Å². The predicted octanol–water partition coefficient (Wildman–Crippen LogP) is 1.55. The van der Waals surface area contributed by atoms with Crippen LogP contribution in [-0.4, -0.2) is 42.2 Å². The lowest BCUT2D eigenvalue weighted by Gasteiger charge is -2.28. The molecule has 17 heavy (non-hydrogen) atoms. The van der Waals surface area contributed by atoms with Crippen LogP contribution in [0.2, 0.25) is 0 Å². The lowest BCUT2D eigenvalue weighted by Crippen LogP contribution is -2.46. The summed E-state index contributed by atoms with van der Waals surface area (Å²) in [4.78, 5) is 19.1. The molecule has 1 aliphatic heterocycles. The van der Waals surface area contributed by atoms with Crippen molar-refractivity contribution in [1.29, 1.82) is 0 Å². The third-order valence-electron chi connectivity index (χ3n) is 2.65. The second-order valence-corrected chi connectivity index (χ2v) is 5.35. The molecule has 1 saturated heterocycles. The largest absolute Gasteiger partial charge is 0.378 e. The molecule has 2 heterocycles. The summed E-state index contributed by atoms with van der Waals surface area (Å²) < 4.78 is 5.21. The summed E-state index contributed by atoms with van der Waals surface area (Å²) in [6.07, 6.45) is 1.83. The van der Waals surface area contributed by atoms with E-state index < -0.39 is 0 Å². The van der Waals surface area contributed by atoms with Crippen LogP contribution in [0, 0.1) is 6.92 Å². The maximum Gasteiger partial charge on any atom is 0.318 e. The topological polar surface area (TPSA) is 54.5 Å². The molecule has 5 nitrogen and oxygen atoms in total. The Morgan fingerprint density at radius 2 is 2.29 bits per heavy atom. The smallest absolute Gasteiger partial charge is 0.318 e. The zero-order valence-electron chi connectivity index (χ0n) is 10.1. The number of carbonyl (C=O) groups excluding carboxylic acids is 1. The number of hydrogen-bond donors (Lipinski definition) is 1. The number of carbonyl (C=O) groups is 1. The summed E-state index contributed by atoms with van der Waals surface area (Å²) in [7, 11) is 0. The molecule has 0 aliphatic carbocycles. The van der Waals surface area contributed by atoms with E-state index >= 15 is 0 Å². The Morgan fingerprint density at radius 3 is 2.88 bits per heavy atom. The van der Waals surface area contributed by atoms with Crippen molar-refractivity contribution in [3.8, 4) is 0 Å². The first kappa shape index (κ1) is 12.3. The fourth-order valence-electron chi connectivity index (χ4n) is 1.68. The molecule has 2 amide bonds. The van der Waals surface area contributed by atoms with Gasteiger partial charge in [0.2, 0.25) is 0 Å². The molecule has 94 valence electrons. The fraction of sp³-hybridized carbons (Fsp3) is 0.636. The molecule has 1 aliphatic rings. The average Bonchev–Trinajstić information content (AvgIpc) is 2.77. The second kappa shape index (κ2) is 5.46. The van der Waals surface area contributed by atoms with Crippen LogP contribution >= 0.6 is 11.3 Å². The highest BCUT2D eigenvalue weighted by atomic mass is 32.1. The van der Waals surface area contributed by atoms with Gasteiger partial charge in [0.15, 0.2) is 0 Å². The van der Waals surface area contributed by atoms with E-state index in [-0.39, 0.29) is 12.1 Å². The molecular formula is C11H17N3O2S. The van der Waals surface area contributed by atoms with Crippen molar-refractivity contribution in [2.24, 2.45) is 0 Å². The van der Waals surface area contributed by atoms with Gasteiger partial charge in [0.05, 0.1) is 19.3 Å². The van der Waals surface area contributed by atoms with E-state index in [0.29, 0.717) is 26.3 Å². The minimum absolute atomic E-state index is 0.0337. The van der Waals surface area contributed by atoms with Gasteiger partial charge in [-0.1, -0.05) is 0 Å². The zero-order chi connectivity index (χ0) is 12.3. The number of thiazole rings is 1. The van der Waals surface area contributed by atoms with E-state index in [1.807, 2.05) is 20.0 Å². The molecule has 2 rings (SSSR count). The van der Waals surface area contributed by atoms with Crippen LogP contribution in [0.4, 0.5) is 4.79 Å². The molecule has 1 atom stereocenters. The van der Waals surface area contributed by atoms with E-state index in [2.05, 4.69) is 10.3 Å². The van der Waals surface area contributed by atoms with Gasteiger partial charge in [0, 0.05) is 24.2 Å². The van der Waals surface area contributed by atoms with Crippen LogP contribution in [0.3, 0.4) is 0 Å². The normalized spacial score (nSPS) is 17.9. The zero-order valence-corrected chi connectivity index (χ0v) is 10.9. The van der Waals surface area contributed by atoms with Crippen LogP contribution in [0.25, 0.3) is 0 Å². The number of hydrogen-bond acceptors (Lipinski definition) is 4. The Kier molecular flexibility index (Phi) is 3.96. The van der Waals surface area contributed by atoms with Gasteiger partial charge >= 0.3 is 6.03 Å². The average molecular weight is 255 g/mol. The summed E-state index contributed by atoms with van der Waals surface area (Å²) in [6, 6.07) is -0.0716. The molecule has 1 fully saturated rings. The standard InChI is InChI=1S/C11H17N3O2S/c1-8-7-12-10(17-8)9(2)13-11(15)14-3-5-16-6-4-14/h7,9H,3-6H2,1-2H3,(H,13,15). The number of nitrogens with one attached hydrogen (secondary N) is 1. The maximum absolute atomic E-state index is 11.9. The second-order valence-electron chi connectivity index (χ2n) is 4.08. The van der Waals surface area contributed by atoms with Crippen molar-refractivity contribution < 1.29 is 9.53 Å². The summed E-state index contributed by atoms with van der Waals surface area (Å²) in [5.74, 6) is 0. The summed E-state index contributed by atoms with van der Waals surface area (Å²) >= 11 is 1.62. The quantitative estimate of drug-likeness (QED) is 0.872. The van der Waals surface area contributed by atoms with Crippen molar-refractivity contribution in [1.82, 2.24) is 15.2 Å². The van der Waals surface area contributed by atoms with Crippen molar-refractivity contribution in [2.45, 2.75) is 19.9 Å². The van der Waals surface area contributed by atoms with Gasteiger partial charge in [-0.05, 0) is 13.8 Å². The number of rotatable bonds is 2. The number of ether oxygens (including phenoxy) is 1. The number of aromatic nitrogens is 1. The Hall–Kier alpha value is -1.14. The molecule has 1 aromatic rings. The Balaban J connectivity index is 1.89. The van der Waals surface area contributed by atoms with Gasteiger partial charge in [-0.2, -0.15) is 0 Å². The van der Waals surface area contributed by atoms with Gasteiger partial charge in [0.1, 0.15) is 5.01 Å². The first-order chi connectivity index (χ1) is 8.16. The lowest BCUT2D eigenvalue weighted by molar-refractivity contribution is 0.0526. The molecule has 0 radical (unpaired) electrons. The highest BCUT2D eigenvalue weighted by Gasteiger charge is 2.19. The molecule has 0 saturated carbocycles. The predicted molar refractivity (Wildman–Crippen MR) is 66.2 cm³/mol. The molecule has 6 heteroatoms. The summed E-state index contributed by atoms with van der Waals surface area (Å²) in [6.45, 7) is 6.54. The third-order valence-corrected chi connectivity index (χ3v) is 3.74. The first-order valence-electron chi connectivity index (χ1n) is 5.72. The van der Waals surface area contributed by atoms with Gasteiger partial charge in [-0.25, -0.2) is 9.78 Å². The molecule has 0 bridgehead atoms. The third kappa shape index (κ3) is 3.17. The minimum Gasteiger partial charge on any atom is -0.378 e. The molecule has 1 unspecified atom stereocenters. The fourth-order valence-corrected chi connectivity index (χ4v) is 2.45. The van der Waals surface area contributed by atoms with Gasteiger partial charge in [-0.3, -0.25) is 0 Å². The molecule has 1 N–H and O–H groups in total. The minimum atomic E-state index is -0.0379. The molecular weight excluding hydrogens is 238 g/mol. The van der Waals surface area contributed by atoms with Gasteiger partial charge < -0.3 is 15.0 Å². The number of urea groups is 1. The Bertz CT molecular complexity index is 388. The van der Waals surface area contributed by atoms with Crippen molar-refractivity contribution in [3.05, 3.63) is 16.1 Å². The Morgan fingerprint density at radius 1 is 1.59 bits per heavy atom. The van der Waals surface area contributed by atoms with Crippen LogP contribution < -0.4 is 5.32 Å². The first-order valence-corrected chi connectivity index (χ1v) is 6.54. The summed E-state index contributed by atoms with van der Waals surface area (Å²) in [5, 5.41) is 3.91.